The van der Waals surface area contributed by atoms with Crippen molar-refractivity contribution in [3.8, 4) is 6.07 Å². The molecule has 1 aromatic heterocycles. The molecule has 1 saturated heterocycles. The van der Waals surface area contributed by atoms with Gasteiger partial charge in [0.2, 0.25) is 5.60 Å². The molecule has 14 heteroatoms. The minimum Gasteiger partial charge on any atom is -0.463 e. The number of carbonyl (C=O) groups is 3. The van der Waals surface area contributed by atoms with Gasteiger partial charge in [0.15, 0.2) is 11.9 Å². The van der Waals surface area contributed by atoms with E-state index in [-0.39, 0.29) is 42.8 Å². The zero-order chi connectivity index (χ0) is 32.5. The smallest absolute Gasteiger partial charge is 0.435 e. The Morgan fingerprint density at radius 1 is 1.27 bits per heavy atom. The van der Waals surface area contributed by atoms with E-state index in [1.54, 1.807) is 20.8 Å². The zero-order valence-corrected chi connectivity index (χ0v) is 25.8. The molecule has 5 atom stereocenters. The second kappa shape index (κ2) is 15.3. The lowest BCUT2D eigenvalue weighted by Crippen LogP contribution is -2.49. The number of aliphatic hydroxyl groups is 1. The predicted molar refractivity (Wildman–Crippen MR) is 159 cm³/mol. The zero-order valence-electron chi connectivity index (χ0n) is 25.8. The van der Waals surface area contributed by atoms with Crippen LogP contribution in [0.3, 0.4) is 0 Å². The van der Waals surface area contributed by atoms with Crippen LogP contribution < -0.4 is 11.5 Å². The van der Waals surface area contributed by atoms with Crippen molar-refractivity contribution in [2.24, 2.45) is 32.8 Å². The quantitative estimate of drug-likeness (QED) is 0.0929. The molecule has 2 heterocycles. The minimum atomic E-state index is -2.10. The molecule has 6 N–H and O–H groups in total. The van der Waals surface area contributed by atoms with E-state index in [0.717, 1.165) is 38.4 Å². The lowest BCUT2D eigenvalue weighted by Gasteiger charge is -2.28. The van der Waals surface area contributed by atoms with Gasteiger partial charge in [0.25, 0.3) is 0 Å². The standard InChI is InChI=1S/C30H44N6O8/c1-5-6-13-41-28(40)36-26(34-17-32)19-11-12-21(35-19)30(16-31)25(38)23(43-27(39)24(33)29(2,3)4)20(44-30)15-42-22(37)14-18-9-7-8-10-18/h11-12,17-18,20,23-25,35,38H,5-10,13-15,33H2,1-4H3,(H2,32,34,36,40)/t20-,23-,24-,25-,30+/m1/s1. The Labute approximate surface area is 257 Å². The Morgan fingerprint density at radius 2 is 1.98 bits per heavy atom. The largest absolute Gasteiger partial charge is 0.463 e. The van der Waals surface area contributed by atoms with E-state index in [1.807, 2.05) is 13.0 Å². The summed E-state index contributed by atoms with van der Waals surface area (Å²) < 4.78 is 22.3. The number of aliphatic hydroxyl groups excluding tert-OH is 1. The highest BCUT2D eigenvalue weighted by atomic mass is 16.6. The summed E-state index contributed by atoms with van der Waals surface area (Å²) >= 11 is 0. The first-order chi connectivity index (χ1) is 20.9. The number of amides is 1. The molecule has 14 nitrogen and oxygen atoms in total. The molecule has 1 aromatic rings. The van der Waals surface area contributed by atoms with Gasteiger partial charge in [-0.3, -0.25) is 9.59 Å². The molecule has 2 aliphatic rings. The molecule has 3 rings (SSSR count). The third kappa shape index (κ3) is 8.43. The monoisotopic (exact) mass is 616 g/mol. The molecule has 1 aliphatic heterocycles. The fraction of sp³-hybridized carbons (Fsp3) is 0.667. The Hall–Kier alpha value is -3.80. The van der Waals surface area contributed by atoms with Gasteiger partial charge in [0.1, 0.15) is 30.9 Å². The van der Waals surface area contributed by atoms with Gasteiger partial charge >= 0.3 is 18.0 Å². The number of nitrogens with zero attached hydrogens (tertiary/aromatic N) is 3. The Balaban J connectivity index is 1.89. The van der Waals surface area contributed by atoms with Crippen LogP contribution in [0.2, 0.25) is 0 Å². The predicted octanol–water partition coefficient (Wildman–Crippen LogP) is 2.57. The van der Waals surface area contributed by atoms with Gasteiger partial charge < -0.3 is 40.5 Å². The Kier molecular flexibility index (Phi) is 12.0. The van der Waals surface area contributed by atoms with Crippen molar-refractivity contribution in [3.05, 3.63) is 23.5 Å². The number of nitrogens with two attached hydrogens (primary N) is 2. The fourth-order valence-corrected chi connectivity index (χ4v) is 5.09. The van der Waals surface area contributed by atoms with Gasteiger partial charge in [-0.1, -0.05) is 47.0 Å². The van der Waals surface area contributed by atoms with E-state index >= 15 is 0 Å². The maximum absolute atomic E-state index is 13.0. The molecule has 1 saturated carbocycles. The number of aromatic amines is 1. The average molecular weight is 617 g/mol. The van der Waals surface area contributed by atoms with E-state index in [2.05, 4.69) is 15.0 Å². The molecule has 0 unspecified atom stereocenters. The van der Waals surface area contributed by atoms with Crippen molar-refractivity contribution < 1.29 is 38.4 Å². The summed E-state index contributed by atoms with van der Waals surface area (Å²) in [5, 5.41) is 21.8. The number of ether oxygens (including phenoxy) is 4. The summed E-state index contributed by atoms with van der Waals surface area (Å²) in [7, 11) is 0. The number of nitrogens with one attached hydrogen (secondary N) is 1. The van der Waals surface area contributed by atoms with Crippen LogP contribution in [0.4, 0.5) is 4.79 Å². The topological polar surface area (TPSA) is 225 Å². The van der Waals surface area contributed by atoms with Gasteiger partial charge in [-0.05, 0) is 42.7 Å². The van der Waals surface area contributed by atoms with Crippen molar-refractivity contribution >= 4 is 30.2 Å². The average Bonchev–Trinajstić information content (AvgIpc) is 3.72. The maximum Gasteiger partial charge on any atom is 0.435 e. The molecule has 242 valence electrons. The van der Waals surface area contributed by atoms with E-state index in [1.165, 1.54) is 12.1 Å². The third-order valence-electron chi connectivity index (χ3n) is 7.82. The number of unbranched alkanes of at least 4 members (excludes halogenated alkanes) is 1. The molecule has 0 bridgehead atoms. The third-order valence-corrected chi connectivity index (χ3v) is 7.82. The molecule has 0 radical (unpaired) electrons. The van der Waals surface area contributed by atoms with Crippen LogP contribution in [0.5, 0.6) is 0 Å². The first kappa shape index (κ1) is 34.7. The summed E-state index contributed by atoms with van der Waals surface area (Å²) in [6.45, 7) is 7.01. The summed E-state index contributed by atoms with van der Waals surface area (Å²) in [6, 6.07) is 3.81. The summed E-state index contributed by atoms with van der Waals surface area (Å²) in [6.07, 6.45) is 1.44. The summed E-state index contributed by atoms with van der Waals surface area (Å²) in [5.41, 5.74) is 9.00. The van der Waals surface area contributed by atoms with Crippen molar-refractivity contribution in [2.45, 2.75) is 103 Å². The number of H-pyrrole nitrogens is 1. The highest BCUT2D eigenvalue weighted by molar-refractivity contribution is 6.05. The summed E-state index contributed by atoms with van der Waals surface area (Å²) in [4.78, 5) is 48.5. The van der Waals surface area contributed by atoms with Crippen molar-refractivity contribution in [2.75, 3.05) is 13.2 Å². The van der Waals surface area contributed by atoms with Crippen LogP contribution in [-0.2, 0) is 34.1 Å². The molecule has 2 fully saturated rings. The highest BCUT2D eigenvalue weighted by Crippen LogP contribution is 2.41. The maximum atomic E-state index is 13.0. The van der Waals surface area contributed by atoms with Crippen LogP contribution >= 0.6 is 0 Å². The van der Waals surface area contributed by atoms with Crippen LogP contribution in [0.1, 0.15) is 84.0 Å². The molecule has 0 spiro atoms. The van der Waals surface area contributed by atoms with E-state index in [9.17, 15) is 24.8 Å². The number of esters is 2. The molecule has 1 amide bonds. The number of carbonyl (C=O) groups excluding carboxylic acids is 3. The van der Waals surface area contributed by atoms with E-state index < -0.39 is 53.4 Å². The highest BCUT2D eigenvalue weighted by Gasteiger charge is 2.59. The Bertz CT molecular complexity index is 1260. The number of nitriles is 1. The van der Waals surface area contributed by atoms with Crippen molar-refractivity contribution in [3.63, 3.8) is 0 Å². The SMILES string of the molecule is CCCCOC(=O)/N=C(\N=CN)c1ccc([C@]2(C#N)O[C@H](COC(=O)CC3CCCC3)[C@@H](OC(=O)[C@@H](N)C(C)(C)C)[C@H]2O)[nH]1. The number of hydrogen-bond acceptors (Lipinski definition) is 10. The molecule has 44 heavy (non-hydrogen) atoms. The van der Waals surface area contributed by atoms with Crippen molar-refractivity contribution in [1.29, 1.82) is 5.26 Å². The number of aliphatic imine (C=N–C) groups is 2. The molecule has 0 aromatic carbocycles. The van der Waals surface area contributed by atoms with E-state index in [4.69, 9.17) is 30.4 Å². The van der Waals surface area contributed by atoms with E-state index in [0.29, 0.717) is 6.42 Å². The van der Waals surface area contributed by atoms with Gasteiger partial charge in [0, 0.05) is 6.42 Å². The van der Waals surface area contributed by atoms with Crippen molar-refractivity contribution in [1.82, 2.24) is 4.98 Å². The van der Waals surface area contributed by atoms with Crippen LogP contribution in [-0.4, -0.2) is 77.9 Å². The number of amidine groups is 1. The second-order valence-electron chi connectivity index (χ2n) is 12.2. The van der Waals surface area contributed by atoms with Gasteiger partial charge in [-0.2, -0.15) is 10.3 Å². The van der Waals surface area contributed by atoms with Crippen LogP contribution in [0.25, 0.3) is 0 Å². The number of hydrogen-bond donors (Lipinski definition) is 4. The normalized spacial score (nSPS) is 25.1. The summed E-state index contributed by atoms with van der Waals surface area (Å²) in [5.74, 6) is -1.17. The fourth-order valence-electron chi connectivity index (χ4n) is 5.09. The second-order valence-corrected chi connectivity index (χ2v) is 12.2. The van der Waals surface area contributed by atoms with Gasteiger partial charge in [0.05, 0.1) is 24.3 Å². The van der Waals surface area contributed by atoms with Gasteiger partial charge in [-0.25, -0.2) is 9.79 Å². The Morgan fingerprint density at radius 3 is 2.59 bits per heavy atom. The number of rotatable bonds is 11. The molecular weight excluding hydrogens is 572 g/mol. The lowest BCUT2D eigenvalue weighted by atomic mass is 9.87. The molecular formula is C30H44N6O8. The van der Waals surface area contributed by atoms with Crippen LogP contribution in [0.15, 0.2) is 22.1 Å². The minimum absolute atomic E-state index is 0.0442. The van der Waals surface area contributed by atoms with Crippen LogP contribution in [0, 0.1) is 22.7 Å². The first-order valence-electron chi connectivity index (χ1n) is 14.9. The molecule has 1 aliphatic carbocycles. The first-order valence-corrected chi connectivity index (χ1v) is 14.9. The van der Waals surface area contributed by atoms with Gasteiger partial charge in [-0.15, -0.1) is 0 Å². The number of aromatic nitrogens is 1. The lowest BCUT2D eigenvalue weighted by molar-refractivity contribution is -0.163.